The first-order valence-corrected chi connectivity index (χ1v) is 9.90. The number of hydrogen-bond donors (Lipinski definition) is 0. The first kappa shape index (κ1) is 17.9. The second-order valence-corrected chi connectivity index (χ2v) is 8.11. The first-order chi connectivity index (χ1) is 12.6. The third-order valence-corrected chi connectivity index (χ3v) is 5.90. The van der Waals surface area contributed by atoms with Crippen LogP contribution in [-0.2, 0) is 20.7 Å². The van der Waals surface area contributed by atoms with E-state index < -0.39 is 0 Å². The molecule has 0 radical (unpaired) electrons. The average molecular weight is 361 g/mol. The van der Waals surface area contributed by atoms with E-state index >= 15 is 0 Å². The monoisotopic (exact) mass is 361 g/mol. The van der Waals surface area contributed by atoms with Crippen LogP contribution >= 0.6 is 0 Å². The molecule has 142 valence electrons. The van der Waals surface area contributed by atoms with E-state index in [4.69, 9.17) is 9.47 Å². The maximum Gasteiger partial charge on any atom is 0.223 e. The Bertz CT molecular complexity index is 648. The highest BCUT2D eigenvalue weighted by Gasteiger charge is 2.45. The van der Waals surface area contributed by atoms with Gasteiger partial charge in [-0.15, -0.1) is 0 Å². The molecule has 4 rings (SSSR count). The van der Waals surface area contributed by atoms with Crippen molar-refractivity contribution in [3.8, 4) is 0 Å². The van der Waals surface area contributed by atoms with Crippen LogP contribution in [0.2, 0.25) is 0 Å². The summed E-state index contributed by atoms with van der Waals surface area (Å²) in [4.78, 5) is 14.6. The maximum absolute atomic E-state index is 13.7. The number of rotatable bonds is 6. The molecule has 1 aromatic carbocycles. The van der Waals surface area contributed by atoms with Crippen LogP contribution in [0.4, 0.5) is 4.39 Å². The molecule has 0 N–H and O–H groups in total. The second kappa shape index (κ2) is 7.65. The van der Waals surface area contributed by atoms with Gasteiger partial charge in [-0.3, -0.25) is 4.79 Å². The molecule has 1 aliphatic carbocycles. The van der Waals surface area contributed by atoms with Gasteiger partial charge in [0.15, 0.2) is 0 Å². The molecule has 3 fully saturated rings. The summed E-state index contributed by atoms with van der Waals surface area (Å²) >= 11 is 0. The number of aryl methyl sites for hydroxylation is 1. The molecule has 2 heterocycles. The lowest BCUT2D eigenvalue weighted by Crippen LogP contribution is -2.50. The summed E-state index contributed by atoms with van der Waals surface area (Å²) in [5.41, 5.74) is 0.373. The van der Waals surface area contributed by atoms with Crippen molar-refractivity contribution in [2.75, 3.05) is 26.3 Å². The van der Waals surface area contributed by atoms with Gasteiger partial charge in [0.1, 0.15) is 5.82 Å². The molecule has 26 heavy (non-hydrogen) atoms. The van der Waals surface area contributed by atoms with Crippen LogP contribution in [0.5, 0.6) is 0 Å². The van der Waals surface area contributed by atoms with Crippen molar-refractivity contribution >= 4 is 5.91 Å². The fraction of sp³-hybridized carbons (Fsp3) is 0.667. The molecule has 5 heteroatoms. The van der Waals surface area contributed by atoms with Crippen molar-refractivity contribution in [3.05, 3.63) is 35.6 Å². The molecule has 4 nitrogen and oxygen atoms in total. The van der Waals surface area contributed by atoms with Crippen LogP contribution in [0.25, 0.3) is 0 Å². The van der Waals surface area contributed by atoms with Crippen molar-refractivity contribution in [2.24, 2.45) is 5.92 Å². The van der Waals surface area contributed by atoms with Crippen LogP contribution < -0.4 is 0 Å². The number of likely N-dealkylation sites (tertiary alicyclic amines) is 1. The smallest absolute Gasteiger partial charge is 0.223 e. The van der Waals surface area contributed by atoms with E-state index in [1.807, 2.05) is 11.0 Å². The minimum Gasteiger partial charge on any atom is -0.375 e. The first-order valence-electron chi connectivity index (χ1n) is 9.90. The lowest BCUT2D eigenvalue weighted by molar-refractivity contribution is -0.139. The van der Waals surface area contributed by atoms with Gasteiger partial charge in [0, 0.05) is 32.5 Å². The van der Waals surface area contributed by atoms with E-state index in [1.54, 1.807) is 12.1 Å². The van der Waals surface area contributed by atoms with Gasteiger partial charge in [-0.25, -0.2) is 4.39 Å². The Kier molecular flexibility index (Phi) is 5.28. The highest BCUT2D eigenvalue weighted by Crippen LogP contribution is 2.37. The van der Waals surface area contributed by atoms with E-state index in [9.17, 15) is 9.18 Å². The molecule has 1 saturated carbocycles. The number of nitrogens with zero attached hydrogens (tertiary/aromatic N) is 1. The zero-order valence-corrected chi connectivity index (χ0v) is 15.3. The van der Waals surface area contributed by atoms with E-state index in [2.05, 4.69) is 0 Å². The Balaban J connectivity index is 1.28. The molecule has 1 spiro atoms. The van der Waals surface area contributed by atoms with Gasteiger partial charge in [0.2, 0.25) is 5.91 Å². The minimum absolute atomic E-state index is 0.0956. The van der Waals surface area contributed by atoms with E-state index in [0.717, 1.165) is 38.3 Å². The molecule has 2 saturated heterocycles. The van der Waals surface area contributed by atoms with Crippen LogP contribution in [0.3, 0.4) is 0 Å². The van der Waals surface area contributed by atoms with Crippen molar-refractivity contribution in [1.82, 2.24) is 4.90 Å². The van der Waals surface area contributed by atoms with Gasteiger partial charge in [-0.05, 0) is 49.7 Å². The van der Waals surface area contributed by atoms with Crippen LogP contribution in [0.1, 0.15) is 44.1 Å². The number of carbonyl (C=O) groups is 1. The summed E-state index contributed by atoms with van der Waals surface area (Å²) in [6, 6.07) is 6.69. The SMILES string of the molecule is O=C(CCc1ccccc1F)N1CCC[C@@]2(C[C@@H](OCC3CC3)CO2)C1. The van der Waals surface area contributed by atoms with Crippen molar-refractivity contribution in [1.29, 1.82) is 0 Å². The number of benzene rings is 1. The van der Waals surface area contributed by atoms with E-state index in [1.165, 1.54) is 18.9 Å². The summed E-state index contributed by atoms with van der Waals surface area (Å²) in [6.45, 7) is 2.92. The average Bonchev–Trinajstić information content (AvgIpc) is 3.41. The van der Waals surface area contributed by atoms with Crippen molar-refractivity contribution < 1.29 is 18.7 Å². The molecule has 1 amide bonds. The van der Waals surface area contributed by atoms with Gasteiger partial charge >= 0.3 is 0 Å². The fourth-order valence-electron chi connectivity index (χ4n) is 4.16. The highest BCUT2D eigenvalue weighted by atomic mass is 19.1. The van der Waals surface area contributed by atoms with Gasteiger partial charge in [-0.1, -0.05) is 18.2 Å². The molecule has 3 aliphatic rings. The number of hydrogen-bond acceptors (Lipinski definition) is 3. The summed E-state index contributed by atoms with van der Waals surface area (Å²) in [7, 11) is 0. The fourth-order valence-corrected chi connectivity index (χ4v) is 4.16. The highest BCUT2D eigenvalue weighted by molar-refractivity contribution is 5.76. The molecule has 1 aromatic rings. The number of ether oxygens (including phenoxy) is 2. The van der Waals surface area contributed by atoms with Gasteiger partial charge < -0.3 is 14.4 Å². The zero-order valence-electron chi connectivity index (χ0n) is 15.3. The predicted octanol–water partition coefficient (Wildman–Crippen LogP) is 3.34. The Hall–Kier alpha value is -1.46. The zero-order chi connectivity index (χ0) is 18.0. The Morgan fingerprint density at radius 2 is 2.19 bits per heavy atom. The Morgan fingerprint density at radius 1 is 1.35 bits per heavy atom. The van der Waals surface area contributed by atoms with E-state index in [-0.39, 0.29) is 23.4 Å². The summed E-state index contributed by atoms with van der Waals surface area (Å²) in [5, 5.41) is 0. The van der Waals surface area contributed by atoms with Crippen LogP contribution in [0, 0.1) is 11.7 Å². The second-order valence-electron chi connectivity index (χ2n) is 8.11. The molecule has 2 aliphatic heterocycles. The third kappa shape index (κ3) is 4.26. The quantitative estimate of drug-likeness (QED) is 0.780. The maximum atomic E-state index is 13.7. The van der Waals surface area contributed by atoms with Gasteiger partial charge in [-0.2, -0.15) is 0 Å². The largest absolute Gasteiger partial charge is 0.375 e. The number of amides is 1. The molecule has 0 bridgehead atoms. The lowest BCUT2D eigenvalue weighted by Gasteiger charge is -2.39. The summed E-state index contributed by atoms with van der Waals surface area (Å²) in [6.07, 6.45) is 6.39. The minimum atomic E-state index is -0.236. The van der Waals surface area contributed by atoms with Gasteiger partial charge in [0.05, 0.1) is 18.3 Å². The van der Waals surface area contributed by atoms with Crippen molar-refractivity contribution in [2.45, 2.75) is 56.7 Å². The normalized spacial score (nSPS) is 28.7. The topological polar surface area (TPSA) is 38.8 Å². The Morgan fingerprint density at radius 3 is 3.00 bits per heavy atom. The molecule has 0 aromatic heterocycles. The van der Waals surface area contributed by atoms with E-state index in [0.29, 0.717) is 31.6 Å². The lowest BCUT2D eigenvalue weighted by atomic mass is 9.89. The molecular formula is C21H28FNO3. The number of halogens is 1. The van der Waals surface area contributed by atoms with Crippen molar-refractivity contribution in [3.63, 3.8) is 0 Å². The number of carbonyl (C=O) groups excluding carboxylic acids is 1. The number of piperidine rings is 1. The molecular weight excluding hydrogens is 333 g/mol. The molecule has 0 unspecified atom stereocenters. The van der Waals surface area contributed by atoms with Crippen LogP contribution in [-0.4, -0.2) is 48.8 Å². The van der Waals surface area contributed by atoms with Gasteiger partial charge in [0.25, 0.3) is 0 Å². The predicted molar refractivity (Wildman–Crippen MR) is 96.3 cm³/mol. The standard InChI is InChI=1S/C21H28FNO3/c22-19-5-2-1-4-17(19)8-9-20(24)23-11-3-10-21(15-23)12-18(14-26-21)25-13-16-6-7-16/h1-2,4-5,16,18H,3,6-15H2/t18-,21-/m1/s1. The summed E-state index contributed by atoms with van der Waals surface area (Å²) in [5.74, 6) is 0.623. The molecule has 2 atom stereocenters. The third-order valence-electron chi connectivity index (χ3n) is 5.90. The van der Waals surface area contributed by atoms with Crippen LogP contribution in [0.15, 0.2) is 24.3 Å². The summed E-state index contributed by atoms with van der Waals surface area (Å²) < 4.78 is 25.9. The Labute approximate surface area is 154 Å².